The van der Waals surface area contributed by atoms with Gasteiger partial charge in [0.2, 0.25) is 0 Å². The molecule has 1 atom stereocenters. The lowest BCUT2D eigenvalue weighted by Gasteiger charge is -2.19. The largest absolute Gasteiger partial charge is 0.478 e. The Kier molecular flexibility index (Phi) is 5.40. The topological polar surface area (TPSA) is 97.4 Å². The molecule has 5 rings (SSSR count). The number of fused-ring (bicyclic) bond motifs is 2. The van der Waals surface area contributed by atoms with Crippen LogP contribution in [-0.4, -0.2) is 20.9 Å². The number of rotatable bonds is 5. The van der Waals surface area contributed by atoms with Gasteiger partial charge in [-0.05, 0) is 62.2 Å². The van der Waals surface area contributed by atoms with Crippen LogP contribution in [0.4, 0.5) is 5.69 Å². The van der Waals surface area contributed by atoms with Gasteiger partial charge in [-0.15, -0.1) is 0 Å². The predicted molar refractivity (Wildman–Crippen MR) is 137 cm³/mol. The van der Waals surface area contributed by atoms with Gasteiger partial charge in [-0.2, -0.15) is 5.10 Å². The molecule has 2 aromatic heterocycles. The van der Waals surface area contributed by atoms with Crippen molar-refractivity contribution in [3.63, 3.8) is 0 Å². The van der Waals surface area contributed by atoms with E-state index in [9.17, 15) is 14.7 Å². The van der Waals surface area contributed by atoms with Crippen LogP contribution in [0.1, 0.15) is 40.0 Å². The quantitative estimate of drug-likeness (QED) is 0.337. The van der Waals surface area contributed by atoms with Crippen LogP contribution in [0.2, 0.25) is 0 Å². The van der Waals surface area contributed by atoms with E-state index in [-0.39, 0.29) is 17.0 Å². The van der Waals surface area contributed by atoms with Crippen LogP contribution in [0.3, 0.4) is 0 Å². The molecule has 1 unspecified atom stereocenters. The molecule has 0 saturated heterocycles. The first-order valence-electron chi connectivity index (χ1n) is 11.3. The second-order valence-corrected chi connectivity index (χ2v) is 8.90. The summed E-state index contributed by atoms with van der Waals surface area (Å²) in [6, 6.07) is 15.6. The van der Waals surface area contributed by atoms with E-state index in [1.807, 2.05) is 58.3 Å². The minimum atomic E-state index is -1.01. The van der Waals surface area contributed by atoms with Crippen molar-refractivity contribution in [2.45, 2.75) is 26.8 Å². The molecule has 0 radical (unpaired) electrons. The van der Waals surface area contributed by atoms with E-state index in [1.165, 1.54) is 6.07 Å². The first-order valence-corrected chi connectivity index (χ1v) is 11.3. The van der Waals surface area contributed by atoms with Crippen molar-refractivity contribution in [2.75, 3.05) is 5.32 Å². The number of carboxylic acids is 1. The number of nitrogens with one attached hydrogen (secondary N) is 1. The summed E-state index contributed by atoms with van der Waals surface area (Å²) in [4.78, 5) is 24.9. The van der Waals surface area contributed by atoms with Gasteiger partial charge in [-0.25, -0.2) is 4.79 Å². The van der Waals surface area contributed by atoms with Crippen molar-refractivity contribution >= 4 is 33.5 Å². The maximum atomic E-state index is 13.2. The second kappa shape index (κ2) is 8.43. The summed E-state index contributed by atoms with van der Waals surface area (Å²) in [5.74, 6) is -0.529. The highest BCUT2D eigenvalue weighted by Crippen LogP contribution is 2.33. The van der Waals surface area contributed by atoms with Gasteiger partial charge in [0, 0.05) is 41.5 Å². The number of aromatic carboxylic acids is 1. The Morgan fingerprint density at radius 1 is 1.09 bits per heavy atom. The number of para-hydroxylation sites is 1. The van der Waals surface area contributed by atoms with Gasteiger partial charge < -0.3 is 14.8 Å². The van der Waals surface area contributed by atoms with E-state index in [0.717, 1.165) is 33.2 Å². The molecule has 7 heteroatoms. The first kappa shape index (κ1) is 22.4. The summed E-state index contributed by atoms with van der Waals surface area (Å²) in [5.41, 5.74) is 5.41. The Labute approximate surface area is 201 Å². The van der Waals surface area contributed by atoms with Crippen molar-refractivity contribution in [2.24, 2.45) is 7.05 Å². The Bertz CT molecular complexity index is 1680. The van der Waals surface area contributed by atoms with Crippen LogP contribution >= 0.6 is 0 Å². The Morgan fingerprint density at radius 2 is 1.86 bits per heavy atom. The number of nitrogens with zero attached hydrogens (tertiary/aromatic N) is 2. The molecule has 0 spiro atoms. The summed E-state index contributed by atoms with van der Waals surface area (Å²) in [7, 11) is 1.88. The molecule has 176 valence electrons. The van der Waals surface area contributed by atoms with Gasteiger partial charge in [0.1, 0.15) is 11.3 Å². The molecule has 0 aliphatic rings. The monoisotopic (exact) mass is 467 g/mol. The van der Waals surface area contributed by atoms with Crippen LogP contribution in [-0.2, 0) is 7.05 Å². The molecular formula is C28H25N3O4. The molecule has 0 aliphatic heterocycles. The zero-order valence-electron chi connectivity index (χ0n) is 19.9. The minimum absolute atomic E-state index is 0.130. The molecule has 5 aromatic rings. The SMILES string of the molecule is Cc1cc(C(C)Nc2ccccc2C(=O)O)c2oc(-c3ccc4nn(C)cc4c3C)cc(=O)c2c1. The highest BCUT2D eigenvalue weighted by atomic mass is 16.4. The number of carbonyl (C=O) groups is 1. The van der Waals surface area contributed by atoms with Crippen LogP contribution in [0.5, 0.6) is 0 Å². The molecule has 2 heterocycles. The smallest absolute Gasteiger partial charge is 0.337 e. The third-order valence-corrected chi connectivity index (χ3v) is 6.34. The summed E-state index contributed by atoms with van der Waals surface area (Å²) in [5, 5.41) is 18.8. The molecular weight excluding hydrogens is 442 g/mol. The molecule has 0 fully saturated rings. The number of benzene rings is 3. The fourth-order valence-corrected chi connectivity index (χ4v) is 4.61. The van der Waals surface area contributed by atoms with Gasteiger partial charge in [0.25, 0.3) is 0 Å². The highest BCUT2D eigenvalue weighted by molar-refractivity contribution is 5.94. The third-order valence-electron chi connectivity index (χ3n) is 6.34. The number of aryl methyl sites for hydroxylation is 3. The van der Waals surface area contributed by atoms with E-state index in [1.54, 1.807) is 28.9 Å². The first-order chi connectivity index (χ1) is 16.7. The second-order valence-electron chi connectivity index (χ2n) is 8.90. The van der Waals surface area contributed by atoms with Crippen LogP contribution < -0.4 is 10.7 Å². The van der Waals surface area contributed by atoms with Crippen LogP contribution in [0, 0.1) is 13.8 Å². The molecule has 0 saturated carbocycles. The van der Waals surface area contributed by atoms with Gasteiger partial charge >= 0.3 is 5.97 Å². The van der Waals surface area contributed by atoms with E-state index in [2.05, 4.69) is 10.4 Å². The number of anilines is 1. The van der Waals surface area contributed by atoms with Gasteiger partial charge in [0.05, 0.1) is 22.5 Å². The maximum absolute atomic E-state index is 13.2. The predicted octanol–water partition coefficient (Wildman–Crippen LogP) is 5.83. The summed E-state index contributed by atoms with van der Waals surface area (Å²) in [6.45, 7) is 5.84. The van der Waals surface area contributed by atoms with Crippen molar-refractivity contribution in [1.82, 2.24) is 9.78 Å². The van der Waals surface area contributed by atoms with Crippen molar-refractivity contribution in [3.8, 4) is 11.3 Å². The van der Waals surface area contributed by atoms with Crippen molar-refractivity contribution in [1.29, 1.82) is 0 Å². The third kappa shape index (κ3) is 3.95. The minimum Gasteiger partial charge on any atom is -0.478 e. The normalized spacial score (nSPS) is 12.2. The number of aromatic nitrogens is 2. The molecule has 2 N–H and O–H groups in total. The molecule has 0 amide bonds. The molecule has 7 nitrogen and oxygen atoms in total. The Hall–Kier alpha value is -4.39. The molecule has 0 aliphatic carbocycles. The molecule has 0 bridgehead atoms. The number of hydrogen-bond acceptors (Lipinski definition) is 5. The summed E-state index contributed by atoms with van der Waals surface area (Å²) in [6.07, 6.45) is 1.95. The zero-order chi connectivity index (χ0) is 24.9. The lowest BCUT2D eigenvalue weighted by Crippen LogP contribution is -2.12. The van der Waals surface area contributed by atoms with Crippen LogP contribution in [0.15, 0.2) is 70.0 Å². The summed E-state index contributed by atoms with van der Waals surface area (Å²) < 4.78 is 8.17. The van der Waals surface area contributed by atoms with Gasteiger partial charge in [0.15, 0.2) is 5.43 Å². The molecule has 35 heavy (non-hydrogen) atoms. The zero-order valence-corrected chi connectivity index (χ0v) is 19.9. The van der Waals surface area contributed by atoms with E-state index in [0.29, 0.717) is 22.4 Å². The standard InChI is InChI=1S/C28H25N3O4/c1-15-11-20(17(3)29-23-8-6-5-7-19(23)28(33)34)27-21(12-15)25(32)13-26(35-27)18-9-10-24-22(16(18)2)14-31(4)30-24/h5-14,17,29H,1-4H3,(H,33,34). The fraction of sp³-hybridized carbons (Fsp3) is 0.179. The van der Waals surface area contributed by atoms with Crippen molar-refractivity contribution < 1.29 is 14.3 Å². The van der Waals surface area contributed by atoms with Gasteiger partial charge in [-0.1, -0.05) is 18.2 Å². The average molecular weight is 468 g/mol. The van der Waals surface area contributed by atoms with E-state index >= 15 is 0 Å². The maximum Gasteiger partial charge on any atom is 0.337 e. The van der Waals surface area contributed by atoms with Crippen molar-refractivity contribution in [3.05, 3.63) is 93.3 Å². The number of hydrogen-bond donors (Lipinski definition) is 2. The van der Waals surface area contributed by atoms with Crippen LogP contribution in [0.25, 0.3) is 33.2 Å². The Morgan fingerprint density at radius 3 is 2.63 bits per heavy atom. The van der Waals surface area contributed by atoms with E-state index < -0.39 is 5.97 Å². The average Bonchev–Trinajstić information content (AvgIpc) is 3.20. The lowest BCUT2D eigenvalue weighted by atomic mass is 9.99. The molecule has 3 aromatic carbocycles. The number of carboxylic acid groups (broad SMARTS) is 1. The highest BCUT2D eigenvalue weighted by Gasteiger charge is 2.19. The lowest BCUT2D eigenvalue weighted by molar-refractivity contribution is 0.0698. The van der Waals surface area contributed by atoms with E-state index in [4.69, 9.17) is 4.42 Å². The fourth-order valence-electron chi connectivity index (χ4n) is 4.61. The van der Waals surface area contributed by atoms with Gasteiger partial charge in [-0.3, -0.25) is 9.48 Å². The summed E-state index contributed by atoms with van der Waals surface area (Å²) >= 11 is 0. The Balaban J connectivity index is 1.67.